The molecule has 25 atom stereocenters. The van der Waals surface area contributed by atoms with Crippen LogP contribution >= 0.6 is 0 Å². The van der Waals surface area contributed by atoms with Crippen molar-refractivity contribution in [2.45, 2.75) is 166 Å². The summed E-state index contributed by atoms with van der Waals surface area (Å²) in [6.07, 6.45) is -47.0. The molecule has 30 heteroatoms. The van der Waals surface area contributed by atoms with Crippen molar-refractivity contribution >= 4 is 5.78 Å². The third kappa shape index (κ3) is 14.2. The first-order valence-corrected chi connectivity index (χ1v) is 22.5. The van der Waals surface area contributed by atoms with Crippen LogP contribution in [0.1, 0.15) is 12.8 Å². The second kappa shape index (κ2) is 27.7. The van der Waals surface area contributed by atoms with E-state index in [1.54, 1.807) is 0 Å². The lowest BCUT2D eigenvalue weighted by Crippen LogP contribution is -2.68. The first-order valence-electron chi connectivity index (χ1n) is 22.5. The quantitative estimate of drug-likeness (QED) is 0.0378. The molecule has 0 bridgehead atoms. The van der Waals surface area contributed by atoms with Crippen LogP contribution in [0.25, 0.3) is 0 Å². The molecule has 0 aromatic rings. The highest BCUT2D eigenvalue weighted by atomic mass is 16.8. The van der Waals surface area contributed by atoms with Gasteiger partial charge in [0.25, 0.3) is 0 Å². The summed E-state index contributed by atoms with van der Waals surface area (Å²) in [5.41, 5.74) is 5.39. The Morgan fingerprint density at radius 2 is 0.826 bits per heavy atom. The Labute approximate surface area is 394 Å². The van der Waals surface area contributed by atoms with Crippen LogP contribution in [0.5, 0.6) is 0 Å². The minimum absolute atomic E-state index is 0.0362. The molecular formula is C39H70N2O28. The van der Waals surface area contributed by atoms with Crippen LogP contribution < -0.4 is 11.1 Å². The molecule has 10 unspecified atom stereocenters. The molecule has 0 aromatic heterocycles. The van der Waals surface area contributed by atoms with E-state index in [2.05, 4.69) is 5.32 Å². The normalized spacial score (nSPS) is 45.4. The van der Waals surface area contributed by atoms with Crippen LogP contribution in [0.3, 0.4) is 0 Å². The van der Waals surface area contributed by atoms with Crippen LogP contribution in [0, 0.1) is 0 Å². The highest BCUT2D eigenvalue weighted by molar-refractivity contribution is 5.80. The van der Waals surface area contributed by atoms with Crippen molar-refractivity contribution in [3.05, 3.63) is 0 Å². The number of aliphatic hydroxyl groups is 16. The molecule has 5 heterocycles. The number of Topliss-reactive ketones (excluding diaryl/α,β-unsaturated/α-hetero) is 1. The standard InChI is InChI=1S/C39H70N2O28/c40-3-4-41-8-14(47)2-1-5-59-6-7-60-35-29(57)31(23(51)18(12-45)61-35)66-37-30(58)32(24(52)19(13-46)63-37)67-38-34(27(55)22(50)16(10-43)64-38)69-39-33(26(54)21(49)17(11-44)65-39)68-36-28(56)25(53)20(48)15(9-42)62-36/h15-39,41-46,48-58H,1-13,40H2/t15?,16?,17?,18?,19?,20-,21-,22-,23-,24-,25+,26+,27+,28?,29?,30?,31+,32+,33?,34?,35+,36-,37-,38-,39-/m1/s1. The van der Waals surface area contributed by atoms with Gasteiger partial charge in [-0.1, -0.05) is 0 Å². The number of rotatable bonds is 25. The van der Waals surface area contributed by atoms with Gasteiger partial charge in [0.15, 0.2) is 31.5 Å². The second-order valence-electron chi connectivity index (χ2n) is 17.0. The Kier molecular flexibility index (Phi) is 23.4. The smallest absolute Gasteiger partial charge is 0.187 e. The fourth-order valence-electron chi connectivity index (χ4n) is 8.21. The summed E-state index contributed by atoms with van der Waals surface area (Å²) in [5.74, 6) is -0.0362. The molecule has 0 aliphatic carbocycles. The molecule has 404 valence electrons. The van der Waals surface area contributed by atoms with Crippen LogP contribution in [-0.4, -0.2) is 314 Å². The van der Waals surface area contributed by atoms with E-state index in [1.165, 1.54) is 0 Å². The van der Waals surface area contributed by atoms with Gasteiger partial charge in [-0.15, -0.1) is 0 Å². The molecule has 0 radical (unpaired) electrons. The number of hydrogen-bond donors (Lipinski definition) is 18. The van der Waals surface area contributed by atoms with Crippen molar-refractivity contribution in [3.63, 3.8) is 0 Å². The Hall–Kier alpha value is -1.49. The molecular weight excluding hydrogens is 944 g/mol. The van der Waals surface area contributed by atoms with Crippen molar-refractivity contribution in [1.82, 2.24) is 5.32 Å². The van der Waals surface area contributed by atoms with Crippen LogP contribution in [0.15, 0.2) is 0 Å². The second-order valence-corrected chi connectivity index (χ2v) is 17.0. The zero-order chi connectivity index (χ0) is 50.7. The number of carbonyl (C=O) groups excluding carboxylic acids is 1. The zero-order valence-corrected chi connectivity index (χ0v) is 37.3. The lowest BCUT2D eigenvalue weighted by molar-refractivity contribution is -0.407. The van der Waals surface area contributed by atoms with Gasteiger partial charge >= 0.3 is 0 Å². The topological polar surface area (TPSA) is 480 Å². The Morgan fingerprint density at radius 3 is 1.32 bits per heavy atom. The van der Waals surface area contributed by atoms with Crippen molar-refractivity contribution in [2.75, 3.05) is 72.5 Å². The summed E-state index contributed by atoms with van der Waals surface area (Å²) >= 11 is 0. The summed E-state index contributed by atoms with van der Waals surface area (Å²) in [5, 5.41) is 174. The number of ketones is 1. The number of carbonyl (C=O) groups is 1. The van der Waals surface area contributed by atoms with E-state index in [-0.39, 0.29) is 38.6 Å². The van der Waals surface area contributed by atoms with E-state index in [9.17, 15) is 86.5 Å². The van der Waals surface area contributed by atoms with Crippen LogP contribution in [0.2, 0.25) is 0 Å². The number of nitrogens with one attached hydrogen (secondary N) is 1. The SMILES string of the molecule is NCCNCC(=O)CCCOCCO[C@H]1OC(CO)[C@@H](O)[C@H](O[C@H]2OC(CO)[C@@H](O)[C@H](O[C@H]3OC(CO)[C@@H](O)[C@H](O)C3O[C@H]3OC(CO)[C@@H](O)[C@H](O)C3O[C@H]3OC(CO)[C@@H](O)[C@H](O)C3O)C2O)C1O. The molecule has 0 spiro atoms. The first kappa shape index (κ1) is 58.4. The third-order valence-electron chi connectivity index (χ3n) is 12.2. The number of nitrogens with two attached hydrogens (primary N) is 1. The molecule has 0 saturated carbocycles. The van der Waals surface area contributed by atoms with Crippen molar-refractivity contribution in [3.8, 4) is 0 Å². The van der Waals surface area contributed by atoms with Crippen LogP contribution in [-0.2, 0) is 56.9 Å². The zero-order valence-electron chi connectivity index (χ0n) is 37.3. The fourth-order valence-corrected chi connectivity index (χ4v) is 8.21. The monoisotopic (exact) mass is 1010 g/mol. The van der Waals surface area contributed by atoms with Gasteiger partial charge in [0.2, 0.25) is 0 Å². The Bertz CT molecular complexity index is 1500. The maximum Gasteiger partial charge on any atom is 0.187 e. The highest BCUT2D eigenvalue weighted by Gasteiger charge is 2.57. The minimum Gasteiger partial charge on any atom is -0.394 e. The molecule has 5 fully saturated rings. The summed E-state index contributed by atoms with van der Waals surface area (Å²) in [4.78, 5) is 11.9. The van der Waals surface area contributed by atoms with Gasteiger partial charge in [-0.25, -0.2) is 0 Å². The van der Waals surface area contributed by atoms with Gasteiger partial charge in [-0.2, -0.15) is 0 Å². The molecule has 0 amide bonds. The molecule has 0 aromatic carbocycles. The summed E-state index contributed by atoms with van der Waals surface area (Å²) in [7, 11) is 0. The Morgan fingerprint density at radius 1 is 0.435 bits per heavy atom. The average Bonchev–Trinajstić information content (AvgIpc) is 3.34. The van der Waals surface area contributed by atoms with E-state index in [0.717, 1.165) is 0 Å². The third-order valence-corrected chi connectivity index (χ3v) is 12.2. The number of ether oxygens (including phenoxy) is 11. The number of hydrogen-bond acceptors (Lipinski definition) is 30. The van der Waals surface area contributed by atoms with E-state index in [4.69, 9.17) is 57.8 Å². The molecule has 5 aliphatic heterocycles. The summed E-state index contributed by atoms with van der Waals surface area (Å²) in [6.45, 7) is -3.65. The van der Waals surface area contributed by atoms with Crippen molar-refractivity contribution < 1.29 is 139 Å². The predicted molar refractivity (Wildman–Crippen MR) is 217 cm³/mol. The van der Waals surface area contributed by atoms with Crippen LogP contribution in [0.4, 0.5) is 0 Å². The fraction of sp³-hybridized carbons (Fsp3) is 0.974. The lowest BCUT2D eigenvalue weighted by atomic mass is 9.95. The maximum absolute atomic E-state index is 11.9. The average molecular weight is 1010 g/mol. The molecule has 19 N–H and O–H groups in total. The van der Waals surface area contributed by atoms with E-state index < -0.39 is 187 Å². The van der Waals surface area contributed by atoms with Crippen molar-refractivity contribution in [2.24, 2.45) is 5.73 Å². The van der Waals surface area contributed by atoms with Gasteiger partial charge < -0.3 is 145 Å². The van der Waals surface area contributed by atoms with Gasteiger partial charge in [0.1, 0.15) is 128 Å². The maximum atomic E-state index is 11.9. The van der Waals surface area contributed by atoms with Gasteiger partial charge in [0, 0.05) is 26.1 Å². The molecule has 5 aliphatic rings. The minimum atomic E-state index is -2.18. The molecule has 5 rings (SSSR count). The predicted octanol–water partition coefficient (Wildman–Crippen LogP) is -12.0. The van der Waals surface area contributed by atoms with Gasteiger partial charge in [-0.3, -0.25) is 4.79 Å². The lowest BCUT2D eigenvalue weighted by Gasteiger charge is -2.50. The van der Waals surface area contributed by atoms with E-state index in [1.807, 2.05) is 0 Å². The Balaban J connectivity index is 1.31. The summed E-state index contributed by atoms with van der Waals surface area (Å²) in [6, 6.07) is 0. The van der Waals surface area contributed by atoms with Crippen molar-refractivity contribution in [1.29, 1.82) is 0 Å². The number of aliphatic hydroxyl groups excluding tert-OH is 16. The van der Waals surface area contributed by atoms with E-state index >= 15 is 0 Å². The molecule has 69 heavy (non-hydrogen) atoms. The van der Waals surface area contributed by atoms with E-state index in [0.29, 0.717) is 19.5 Å². The van der Waals surface area contributed by atoms with Gasteiger partial charge in [0.05, 0.1) is 52.8 Å². The molecule has 30 nitrogen and oxygen atoms in total. The molecule has 5 saturated heterocycles. The summed E-state index contributed by atoms with van der Waals surface area (Å²) < 4.78 is 62.3. The largest absolute Gasteiger partial charge is 0.394 e. The van der Waals surface area contributed by atoms with Gasteiger partial charge in [-0.05, 0) is 6.42 Å². The first-order chi connectivity index (χ1) is 33.0. The highest BCUT2D eigenvalue weighted by Crippen LogP contribution is 2.36.